The van der Waals surface area contributed by atoms with Crippen molar-refractivity contribution < 1.29 is 24.6 Å². The Kier molecular flexibility index (Phi) is 7.78. The predicted octanol–water partition coefficient (Wildman–Crippen LogP) is 3.99. The molecule has 0 saturated carbocycles. The topological polar surface area (TPSA) is 132 Å². The standard InChI is InChI=1S/C25H29N3O5S/c1-13(2)21(22(30)20-15(4)23(31)28-25(20)33)27-19(29)12-17(16-8-6-5-7-9-16)26-24(32)18-11-10-14(3)34-18/h5-11,13,17,21,28,31,33H,12H2,1-4H3,(H,26,32)(H,27,29)/t17-,21+/m0/s1. The van der Waals surface area contributed by atoms with E-state index in [0.717, 1.165) is 10.4 Å². The van der Waals surface area contributed by atoms with Crippen LogP contribution in [-0.2, 0) is 4.79 Å². The van der Waals surface area contributed by atoms with Gasteiger partial charge in [-0.15, -0.1) is 11.3 Å². The van der Waals surface area contributed by atoms with Crippen molar-refractivity contribution >= 4 is 28.9 Å². The molecule has 2 aromatic heterocycles. The maximum absolute atomic E-state index is 13.1. The number of hydrogen-bond acceptors (Lipinski definition) is 6. The van der Waals surface area contributed by atoms with Gasteiger partial charge >= 0.3 is 0 Å². The van der Waals surface area contributed by atoms with Crippen LogP contribution in [0.4, 0.5) is 0 Å². The zero-order valence-electron chi connectivity index (χ0n) is 19.5. The van der Waals surface area contributed by atoms with E-state index in [1.165, 1.54) is 18.3 Å². The molecule has 0 saturated heterocycles. The Balaban J connectivity index is 1.79. The number of aromatic amines is 1. The monoisotopic (exact) mass is 483 g/mol. The highest BCUT2D eigenvalue weighted by Gasteiger charge is 2.31. The highest BCUT2D eigenvalue weighted by atomic mass is 32.1. The van der Waals surface area contributed by atoms with Gasteiger partial charge in [0.05, 0.1) is 28.9 Å². The SMILES string of the molecule is Cc1ccc(C(=O)N[C@@H](CC(=O)N[C@@H](C(=O)c2c(O)[nH]c(O)c2C)C(C)C)c2ccccc2)s1. The molecule has 3 rings (SSSR count). The summed E-state index contributed by atoms with van der Waals surface area (Å²) in [6.45, 7) is 6.97. The lowest BCUT2D eigenvalue weighted by atomic mass is 9.93. The number of aromatic nitrogens is 1. The Labute approximate surface area is 202 Å². The molecule has 0 bridgehead atoms. The summed E-state index contributed by atoms with van der Waals surface area (Å²) in [7, 11) is 0. The van der Waals surface area contributed by atoms with Crippen molar-refractivity contribution in [3.8, 4) is 11.8 Å². The molecule has 3 aromatic rings. The van der Waals surface area contributed by atoms with Crippen LogP contribution >= 0.6 is 11.3 Å². The highest BCUT2D eigenvalue weighted by molar-refractivity contribution is 7.13. The van der Waals surface area contributed by atoms with Gasteiger partial charge in [-0.25, -0.2) is 0 Å². The van der Waals surface area contributed by atoms with Gasteiger partial charge in [-0.1, -0.05) is 44.2 Å². The number of H-pyrrole nitrogens is 1. The van der Waals surface area contributed by atoms with Crippen LogP contribution in [0, 0.1) is 19.8 Å². The van der Waals surface area contributed by atoms with Gasteiger partial charge in [0.1, 0.15) is 0 Å². The molecule has 2 heterocycles. The minimum atomic E-state index is -0.931. The van der Waals surface area contributed by atoms with E-state index in [-0.39, 0.29) is 35.3 Å². The molecule has 0 spiro atoms. The number of rotatable bonds is 9. The van der Waals surface area contributed by atoms with Crippen LogP contribution in [0.15, 0.2) is 42.5 Å². The number of aromatic hydroxyl groups is 2. The fourth-order valence-electron chi connectivity index (χ4n) is 3.70. The lowest BCUT2D eigenvalue weighted by Gasteiger charge is -2.24. The first-order chi connectivity index (χ1) is 16.1. The number of aryl methyl sites for hydroxylation is 1. The van der Waals surface area contributed by atoms with Gasteiger partial charge in [-0.3, -0.25) is 19.4 Å². The van der Waals surface area contributed by atoms with Crippen molar-refractivity contribution in [2.45, 2.75) is 46.2 Å². The summed E-state index contributed by atoms with van der Waals surface area (Å²) < 4.78 is 0. The lowest BCUT2D eigenvalue weighted by Crippen LogP contribution is -2.45. The molecule has 2 amide bonds. The number of ketones is 1. The second kappa shape index (κ2) is 10.6. The fraction of sp³-hybridized carbons (Fsp3) is 0.320. The van der Waals surface area contributed by atoms with Crippen LogP contribution < -0.4 is 10.6 Å². The van der Waals surface area contributed by atoms with Crippen LogP contribution in [0.2, 0.25) is 0 Å². The number of carbonyl (C=O) groups is 3. The number of nitrogens with one attached hydrogen (secondary N) is 3. The molecule has 180 valence electrons. The average Bonchev–Trinajstić information content (AvgIpc) is 3.33. The van der Waals surface area contributed by atoms with E-state index in [0.29, 0.717) is 4.88 Å². The fourth-order valence-corrected chi connectivity index (χ4v) is 4.47. The van der Waals surface area contributed by atoms with Crippen LogP contribution in [0.25, 0.3) is 0 Å². The van der Waals surface area contributed by atoms with Crippen molar-refractivity contribution in [1.82, 2.24) is 15.6 Å². The lowest BCUT2D eigenvalue weighted by molar-refractivity contribution is -0.122. The summed E-state index contributed by atoms with van der Waals surface area (Å²) in [5.41, 5.74) is 0.913. The number of thiophene rings is 1. The number of carbonyl (C=O) groups excluding carboxylic acids is 3. The predicted molar refractivity (Wildman–Crippen MR) is 130 cm³/mol. The van der Waals surface area contributed by atoms with Crippen LogP contribution in [0.1, 0.15) is 62.3 Å². The zero-order valence-corrected chi connectivity index (χ0v) is 20.3. The summed E-state index contributed by atoms with van der Waals surface area (Å²) in [5.74, 6) is -2.25. The third kappa shape index (κ3) is 5.66. The number of hydrogen-bond donors (Lipinski definition) is 5. The first-order valence-corrected chi connectivity index (χ1v) is 11.8. The molecular formula is C25H29N3O5S. The summed E-state index contributed by atoms with van der Waals surface area (Å²) in [6.07, 6.45) is -0.0834. The zero-order chi connectivity index (χ0) is 25.0. The van der Waals surface area contributed by atoms with Crippen molar-refractivity contribution in [2.75, 3.05) is 0 Å². The van der Waals surface area contributed by atoms with E-state index in [9.17, 15) is 24.6 Å². The van der Waals surface area contributed by atoms with Crippen LogP contribution in [0.5, 0.6) is 11.8 Å². The van der Waals surface area contributed by atoms with Gasteiger partial charge in [0.15, 0.2) is 11.7 Å². The maximum Gasteiger partial charge on any atom is 0.261 e. The molecule has 0 aliphatic rings. The second-order valence-corrected chi connectivity index (χ2v) is 9.81. The molecule has 0 unspecified atom stereocenters. The number of benzene rings is 1. The molecule has 0 fully saturated rings. The van der Waals surface area contributed by atoms with E-state index < -0.39 is 29.7 Å². The highest BCUT2D eigenvalue weighted by Crippen LogP contribution is 2.30. The number of Topliss-reactive ketones (excluding diaryl/α,β-unsaturated/α-hetero) is 1. The van der Waals surface area contributed by atoms with E-state index in [1.54, 1.807) is 19.9 Å². The largest absolute Gasteiger partial charge is 0.494 e. The van der Waals surface area contributed by atoms with Gasteiger partial charge in [-0.05, 0) is 37.5 Å². The summed E-state index contributed by atoms with van der Waals surface area (Å²) >= 11 is 1.37. The molecule has 2 atom stereocenters. The van der Waals surface area contributed by atoms with Gasteiger partial charge in [0.25, 0.3) is 5.91 Å². The van der Waals surface area contributed by atoms with E-state index >= 15 is 0 Å². The average molecular weight is 484 g/mol. The van der Waals surface area contributed by atoms with Crippen molar-refractivity contribution in [2.24, 2.45) is 5.92 Å². The Bertz CT molecular complexity index is 1180. The molecule has 0 aliphatic carbocycles. The van der Waals surface area contributed by atoms with Gasteiger partial charge in [0, 0.05) is 10.4 Å². The summed E-state index contributed by atoms with van der Waals surface area (Å²) in [5, 5.41) is 25.5. The molecule has 0 radical (unpaired) electrons. The molecule has 34 heavy (non-hydrogen) atoms. The van der Waals surface area contributed by atoms with Gasteiger partial charge in [0.2, 0.25) is 11.8 Å². The second-order valence-electron chi connectivity index (χ2n) is 8.53. The Hall–Kier alpha value is -3.59. The van der Waals surface area contributed by atoms with Crippen LogP contribution in [0.3, 0.4) is 0 Å². The van der Waals surface area contributed by atoms with Crippen LogP contribution in [-0.4, -0.2) is 38.8 Å². The van der Waals surface area contributed by atoms with Gasteiger partial charge in [-0.2, -0.15) is 0 Å². The summed E-state index contributed by atoms with van der Waals surface area (Å²) in [6, 6.07) is 11.2. The Morgan fingerprint density at radius 3 is 2.18 bits per heavy atom. The van der Waals surface area contributed by atoms with Gasteiger partial charge < -0.3 is 20.8 Å². The van der Waals surface area contributed by atoms with E-state index in [1.807, 2.05) is 43.3 Å². The van der Waals surface area contributed by atoms with Crippen molar-refractivity contribution in [3.05, 3.63) is 68.9 Å². The molecule has 1 aromatic carbocycles. The third-order valence-electron chi connectivity index (χ3n) is 5.58. The first kappa shape index (κ1) is 25.0. The van der Waals surface area contributed by atoms with Crippen molar-refractivity contribution in [3.63, 3.8) is 0 Å². The molecule has 0 aliphatic heterocycles. The first-order valence-electron chi connectivity index (χ1n) is 10.9. The Morgan fingerprint density at radius 2 is 1.65 bits per heavy atom. The molecule has 8 nitrogen and oxygen atoms in total. The molecule has 9 heteroatoms. The Morgan fingerprint density at radius 1 is 0.971 bits per heavy atom. The molecular weight excluding hydrogens is 454 g/mol. The number of amides is 2. The normalized spacial score (nSPS) is 12.9. The minimum Gasteiger partial charge on any atom is -0.494 e. The van der Waals surface area contributed by atoms with Crippen molar-refractivity contribution in [1.29, 1.82) is 0 Å². The van der Waals surface area contributed by atoms with E-state index in [4.69, 9.17) is 0 Å². The summed E-state index contributed by atoms with van der Waals surface area (Å²) in [4.78, 5) is 42.8. The minimum absolute atomic E-state index is 0.0579. The smallest absolute Gasteiger partial charge is 0.261 e. The maximum atomic E-state index is 13.1. The molecule has 5 N–H and O–H groups in total. The quantitative estimate of drug-likeness (QED) is 0.294. The van der Waals surface area contributed by atoms with E-state index in [2.05, 4.69) is 15.6 Å². The third-order valence-corrected chi connectivity index (χ3v) is 6.58.